The number of hydrogen-bond donors (Lipinski definition) is 2. The predicted molar refractivity (Wildman–Crippen MR) is 121 cm³/mol. The lowest BCUT2D eigenvalue weighted by Gasteiger charge is -2.13. The zero-order valence-electron chi connectivity index (χ0n) is 17.5. The standard InChI is InChI=1S/C24H21N5O3/c1-26-21-15-11-27-20(24(6-7-24)23(25)30)10-14(15)16(12-28-21)22-29-17-9-13(4-5-19(17)32-22)18-3-2-8-31-18/h3-5,9-12H,2,6-8H2,1H3,(H2,25,30)(H,26,28). The Morgan fingerprint density at radius 3 is 2.75 bits per heavy atom. The van der Waals surface area contributed by atoms with E-state index in [2.05, 4.69) is 21.4 Å². The number of carbonyl (C=O) groups is 1. The molecule has 1 amide bonds. The molecule has 1 fully saturated rings. The van der Waals surface area contributed by atoms with Crippen molar-refractivity contribution in [3.63, 3.8) is 0 Å². The quantitative estimate of drug-likeness (QED) is 0.498. The van der Waals surface area contributed by atoms with E-state index in [4.69, 9.17) is 19.9 Å². The molecular formula is C24H21N5O3. The highest BCUT2D eigenvalue weighted by atomic mass is 16.5. The van der Waals surface area contributed by atoms with Crippen LogP contribution in [0.5, 0.6) is 0 Å². The topological polar surface area (TPSA) is 116 Å². The summed E-state index contributed by atoms with van der Waals surface area (Å²) in [6, 6.07) is 7.76. The number of hydrogen-bond acceptors (Lipinski definition) is 7. The average Bonchev–Trinajstić information content (AvgIpc) is 3.25. The first kappa shape index (κ1) is 18.8. The first-order chi connectivity index (χ1) is 15.6. The second-order valence-corrected chi connectivity index (χ2v) is 8.24. The normalized spacial score (nSPS) is 16.7. The fraction of sp³-hybridized carbons (Fsp3) is 0.250. The average molecular weight is 427 g/mol. The molecular weight excluding hydrogens is 406 g/mol. The Morgan fingerprint density at radius 1 is 1.16 bits per heavy atom. The van der Waals surface area contributed by atoms with Crippen LogP contribution in [0.15, 0.2) is 47.2 Å². The lowest BCUT2D eigenvalue weighted by molar-refractivity contribution is -0.120. The molecule has 4 aromatic rings. The molecule has 1 aliphatic carbocycles. The number of oxazole rings is 1. The molecule has 1 aliphatic heterocycles. The zero-order chi connectivity index (χ0) is 21.9. The van der Waals surface area contributed by atoms with Crippen LogP contribution in [0.25, 0.3) is 39.1 Å². The molecule has 0 bridgehead atoms. The van der Waals surface area contributed by atoms with E-state index >= 15 is 0 Å². The third-order valence-electron chi connectivity index (χ3n) is 6.33. The van der Waals surface area contributed by atoms with E-state index in [1.807, 2.05) is 31.3 Å². The van der Waals surface area contributed by atoms with Gasteiger partial charge in [-0.15, -0.1) is 0 Å². The van der Waals surface area contributed by atoms with Gasteiger partial charge < -0.3 is 20.2 Å². The molecule has 32 heavy (non-hydrogen) atoms. The van der Waals surface area contributed by atoms with Crippen molar-refractivity contribution < 1.29 is 13.9 Å². The van der Waals surface area contributed by atoms with Gasteiger partial charge in [-0.3, -0.25) is 9.78 Å². The molecule has 0 atom stereocenters. The summed E-state index contributed by atoms with van der Waals surface area (Å²) in [7, 11) is 1.81. The Hall–Kier alpha value is -3.94. The van der Waals surface area contributed by atoms with Crippen LogP contribution in [0.2, 0.25) is 0 Å². The molecule has 0 spiro atoms. The fourth-order valence-corrected chi connectivity index (χ4v) is 4.34. The number of nitrogens with zero attached hydrogens (tertiary/aromatic N) is 3. The number of carbonyl (C=O) groups excluding carboxylic acids is 1. The third-order valence-corrected chi connectivity index (χ3v) is 6.33. The van der Waals surface area contributed by atoms with Gasteiger partial charge in [-0.05, 0) is 43.2 Å². The number of anilines is 1. The maximum absolute atomic E-state index is 12.1. The van der Waals surface area contributed by atoms with Crippen LogP contribution < -0.4 is 11.1 Å². The lowest BCUT2D eigenvalue weighted by atomic mass is 9.98. The molecule has 8 nitrogen and oxygen atoms in total. The number of pyridine rings is 2. The van der Waals surface area contributed by atoms with Crippen LogP contribution in [0.4, 0.5) is 5.82 Å². The van der Waals surface area contributed by atoms with Crippen molar-refractivity contribution in [2.45, 2.75) is 24.7 Å². The van der Waals surface area contributed by atoms with E-state index in [1.165, 1.54) is 0 Å². The monoisotopic (exact) mass is 427 g/mol. The van der Waals surface area contributed by atoms with Gasteiger partial charge >= 0.3 is 0 Å². The first-order valence-corrected chi connectivity index (χ1v) is 10.6. The molecule has 4 heterocycles. The number of amides is 1. The van der Waals surface area contributed by atoms with E-state index in [1.54, 1.807) is 12.4 Å². The van der Waals surface area contributed by atoms with Gasteiger partial charge in [0.1, 0.15) is 17.1 Å². The molecule has 1 saturated carbocycles. The molecule has 160 valence electrons. The van der Waals surface area contributed by atoms with Gasteiger partial charge in [-0.2, -0.15) is 0 Å². The van der Waals surface area contributed by atoms with Crippen molar-refractivity contribution in [2.75, 3.05) is 19.0 Å². The summed E-state index contributed by atoms with van der Waals surface area (Å²) in [5, 5.41) is 4.77. The number of fused-ring (bicyclic) bond motifs is 2. The molecule has 0 saturated heterocycles. The van der Waals surface area contributed by atoms with Gasteiger partial charge in [0.25, 0.3) is 0 Å². The summed E-state index contributed by atoms with van der Waals surface area (Å²) in [6.45, 7) is 0.704. The second-order valence-electron chi connectivity index (χ2n) is 8.24. The molecule has 3 aromatic heterocycles. The highest BCUT2D eigenvalue weighted by Gasteiger charge is 2.51. The summed E-state index contributed by atoms with van der Waals surface area (Å²) >= 11 is 0. The van der Waals surface area contributed by atoms with Crippen LogP contribution in [-0.4, -0.2) is 34.5 Å². The fourth-order valence-electron chi connectivity index (χ4n) is 4.34. The van der Waals surface area contributed by atoms with Crippen molar-refractivity contribution >= 4 is 39.4 Å². The van der Waals surface area contributed by atoms with Gasteiger partial charge in [0.15, 0.2) is 5.58 Å². The van der Waals surface area contributed by atoms with Crippen LogP contribution in [0.1, 0.15) is 30.5 Å². The molecule has 1 aromatic carbocycles. The van der Waals surface area contributed by atoms with Gasteiger partial charge in [0.05, 0.1) is 23.3 Å². The summed E-state index contributed by atoms with van der Waals surface area (Å²) in [4.78, 5) is 25.9. The van der Waals surface area contributed by atoms with E-state index in [0.29, 0.717) is 42.4 Å². The van der Waals surface area contributed by atoms with Gasteiger partial charge in [-0.25, -0.2) is 9.97 Å². The lowest BCUT2D eigenvalue weighted by Crippen LogP contribution is -2.29. The van der Waals surface area contributed by atoms with Crippen molar-refractivity contribution in [3.8, 4) is 11.5 Å². The van der Waals surface area contributed by atoms with Gasteiger partial charge in [0.2, 0.25) is 11.8 Å². The molecule has 0 radical (unpaired) electrons. The second kappa shape index (κ2) is 6.78. The summed E-state index contributed by atoms with van der Waals surface area (Å²) in [5.41, 5.74) is 8.81. The Labute approximate surface area is 183 Å². The van der Waals surface area contributed by atoms with Crippen molar-refractivity contribution in [1.29, 1.82) is 0 Å². The largest absolute Gasteiger partial charge is 0.493 e. The Kier molecular flexibility index (Phi) is 3.98. The number of benzene rings is 1. The smallest absolute Gasteiger partial charge is 0.229 e. The molecule has 6 rings (SSSR count). The highest BCUT2D eigenvalue weighted by Crippen LogP contribution is 2.48. The van der Waals surface area contributed by atoms with Crippen LogP contribution >= 0.6 is 0 Å². The highest BCUT2D eigenvalue weighted by molar-refractivity contribution is 6.02. The third kappa shape index (κ3) is 2.76. The van der Waals surface area contributed by atoms with Gasteiger partial charge in [-0.1, -0.05) is 0 Å². The summed E-state index contributed by atoms with van der Waals surface area (Å²) in [5.74, 6) is 1.68. The van der Waals surface area contributed by atoms with Crippen molar-refractivity contribution in [3.05, 3.63) is 54.0 Å². The molecule has 0 unspecified atom stereocenters. The van der Waals surface area contributed by atoms with E-state index in [0.717, 1.165) is 39.6 Å². The number of ether oxygens (including phenoxy) is 1. The SMILES string of the molecule is CNc1ncc(-c2nc3cc(C4=CCCO4)ccc3o2)c2cc(C3(C(N)=O)CC3)ncc12. The molecule has 8 heteroatoms. The number of aromatic nitrogens is 3. The zero-order valence-corrected chi connectivity index (χ0v) is 17.5. The van der Waals surface area contributed by atoms with Crippen molar-refractivity contribution in [2.24, 2.45) is 5.73 Å². The minimum absolute atomic E-state index is 0.341. The van der Waals surface area contributed by atoms with Crippen LogP contribution in [-0.2, 0) is 14.9 Å². The minimum atomic E-state index is -0.681. The molecule has 3 N–H and O–H groups in total. The first-order valence-electron chi connectivity index (χ1n) is 10.6. The van der Waals surface area contributed by atoms with Gasteiger partial charge in [0, 0.05) is 42.2 Å². The maximum atomic E-state index is 12.1. The number of primary amides is 1. The Morgan fingerprint density at radius 2 is 2.03 bits per heavy atom. The number of rotatable bonds is 5. The number of nitrogens with one attached hydrogen (secondary N) is 1. The Bertz CT molecular complexity index is 1430. The summed E-state index contributed by atoms with van der Waals surface area (Å²) in [6.07, 6.45) is 7.89. The van der Waals surface area contributed by atoms with E-state index in [9.17, 15) is 4.79 Å². The van der Waals surface area contributed by atoms with Crippen molar-refractivity contribution in [1.82, 2.24) is 15.0 Å². The predicted octanol–water partition coefficient (Wildman–Crippen LogP) is 3.76. The van der Waals surface area contributed by atoms with Crippen LogP contribution in [0, 0.1) is 0 Å². The van der Waals surface area contributed by atoms with Crippen LogP contribution in [0.3, 0.4) is 0 Å². The number of nitrogens with two attached hydrogens (primary N) is 1. The molecule has 2 aliphatic rings. The van der Waals surface area contributed by atoms with E-state index in [-0.39, 0.29) is 5.91 Å². The Balaban J connectivity index is 1.52. The maximum Gasteiger partial charge on any atom is 0.229 e. The minimum Gasteiger partial charge on any atom is -0.493 e. The summed E-state index contributed by atoms with van der Waals surface area (Å²) < 4.78 is 11.8. The van der Waals surface area contributed by atoms with E-state index < -0.39 is 5.41 Å².